The zero-order valence-electron chi connectivity index (χ0n) is 11.3. The predicted molar refractivity (Wildman–Crippen MR) is 70.4 cm³/mol. The van der Waals surface area contributed by atoms with Crippen LogP contribution in [0.1, 0.15) is 32.9 Å². The lowest BCUT2D eigenvalue weighted by Crippen LogP contribution is -2.28. The summed E-state index contributed by atoms with van der Waals surface area (Å²) >= 11 is 0. The molecule has 0 aromatic carbocycles. The third kappa shape index (κ3) is 4.92. The van der Waals surface area contributed by atoms with Gasteiger partial charge in [-0.15, -0.1) is 0 Å². The van der Waals surface area contributed by atoms with Crippen LogP contribution < -0.4 is 5.32 Å². The number of rotatable bonds is 5. The molecule has 1 aromatic heterocycles. The van der Waals surface area contributed by atoms with Gasteiger partial charge >= 0.3 is 5.97 Å². The van der Waals surface area contributed by atoms with E-state index in [9.17, 15) is 9.90 Å². The van der Waals surface area contributed by atoms with E-state index in [0.717, 1.165) is 0 Å². The maximum absolute atomic E-state index is 11.2. The van der Waals surface area contributed by atoms with Crippen molar-refractivity contribution in [2.45, 2.75) is 27.2 Å². The summed E-state index contributed by atoms with van der Waals surface area (Å²) in [5, 5.41) is 21.0. The fourth-order valence-electron chi connectivity index (χ4n) is 1.76. The fourth-order valence-corrected chi connectivity index (χ4v) is 1.76. The van der Waals surface area contributed by atoms with Crippen LogP contribution >= 0.6 is 0 Å². The van der Waals surface area contributed by atoms with E-state index < -0.39 is 11.9 Å². The Morgan fingerprint density at radius 1 is 1.47 bits per heavy atom. The first kappa shape index (κ1) is 14.9. The van der Waals surface area contributed by atoms with Gasteiger partial charge < -0.3 is 10.4 Å². The molecule has 1 atom stereocenters. The molecular weight excluding hydrogens is 244 g/mol. The Bertz CT molecular complexity index is 488. The van der Waals surface area contributed by atoms with Gasteiger partial charge in [-0.25, -0.2) is 9.97 Å². The van der Waals surface area contributed by atoms with Crippen LogP contribution in [0.5, 0.6) is 0 Å². The van der Waals surface area contributed by atoms with E-state index in [2.05, 4.69) is 15.3 Å². The van der Waals surface area contributed by atoms with Crippen LogP contribution in [0.25, 0.3) is 0 Å². The summed E-state index contributed by atoms with van der Waals surface area (Å²) in [6.07, 6.45) is 3.42. The molecule has 1 rings (SSSR count). The van der Waals surface area contributed by atoms with Crippen molar-refractivity contribution in [2.24, 2.45) is 11.3 Å². The summed E-state index contributed by atoms with van der Waals surface area (Å²) in [5.74, 6) is -1.07. The molecule has 0 aliphatic heterocycles. The van der Waals surface area contributed by atoms with Gasteiger partial charge in [0, 0.05) is 18.9 Å². The summed E-state index contributed by atoms with van der Waals surface area (Å²) in [5.41, 5.74) is 0.0907. The second-order valence-electron chi connectivity index (χ2n) is 5.55. The minimum Gasteiger partial charge on any atom is -0.481 e. The van der Waals surface area contributed by atoms with Gasteiger partial charge in [-0.05, 0) is 11.8 Å². The van der Waals surface area contributed by atoms with Crippen molar-refractivity contribution >= 4 is 11.8 Å². The van der Waals surface area contributed by atoms with E-state index in [0.29, 0.717) is 12.2 Å². The van der Waals surface area contributed by atoms with E-state index >= 15 is 0 Å². The molecule has 1 aromatic rings. The first-order valence-electron chi connectivity index (χ1n) is 6.01. The Kier molecular flexibility index (Phi) is 4.81. The van der Waals surface area contributed by atoms with Crippen molar-refractivity contribution in [1.29, 1.82) is 5.26 Å². The highest BCUT2D eigenvalue weighted by atomic mass is 16.4. The van der Waals surface area contributed by atoms with E-state index in [4.69, 9.17) is 5.26 Å². The number of hydrogen-bond donors (Lipinski definition) is 2. The van der Waals surface area contributed by atoms with Gasteiger partial charge in [0.1, 0.15) is 6.07 Å². The van der Waals surface area contributed by atoms with Crippen molar-refractivity contribution in [2.75, 3.05) is 11.9 Å². The largest absolute Gasteiger partial charge is 0.481 e. The lowest BCUT2D eigenvalue weighted by atomic mass is 9.84. The molecule has 1 unspecified atom stereocenters. The Morgan fingerprint density at radius 3 is 2.63 bits per heavy atom. The minimum atomic E-state index is -0.857. The van der Waals surface area contributed by atoms with Crippen molar-refractivity contribution in [3.05, 3.63) is 18.1 Å². The van der Waals surface area contributed by atoms with E-state index in [1.807, 2.05) is 26.8 Å². The molecule has 0 saturated heterocycles. The molecule has 0 saturated carbocycles. The maximum atomic E-state index is 11.2. The second kappa shape index (κ2) is 6.14. The molecule has 2 N–H and O–H groups in total. The Morgan fingerprint density at radius 2 is 2.11 bits per heavy atom. The fraction of sp³-hybridized carbons (Fsp3) is 0.538. The molecule has 0 radical (unpaired) electrons. The predicted octanol–water partition coefficient (Wildman–Crippen LogP) is 1.90. The summed E-state index contributed by atoms with van der Waals surface area (Å²) in [7, 11) is 0. The van der Waals surface area contributed by atoms with Gasteiger partial charge in [-0.1, -0.05) is 20.8 Å². The van der Waals surface area contributed by atoms with Crippen molar-refractivity contribution < 1.29 is 9.90 Å². The molecule has 0 spiro atoms. The van der Waals surface area contributed by atoms with Gasteiger partial charge in [0.25, 0.3) is 0 Å². The number of carboxylic acids is 1. The highest BCUT2D eigenvalue weighted by Crippen LogP contribution is 2.25. The molecule has 0 aliphatic carbocycles. The molecular formula is C13H18N4O2. The van der Waals surface area contributed by atoms with Crippen LogP contribution in [0.2, 0.25) is 0 Å². The lowest BCUT2D eigenvalue weighted by Gasteiger charge is -2.23. The molecule has 0 amide bonds. The molecule has 0 aliphatic rings. The molecule has 1 heterocycles. The third-order valence-electron chi connectivity index (χ3n) is 2.53. The Balaban J connectivity index is 2.72. The summed E-state index contributed by atoms with van der Waals surface area (Å²) < 4.78 is 0. The summed E-state index contributed by atoms with van der Waals surface area (Å²) in [6.45, 7) is 6.20. The molecule has 0 bridgehead atoms. The van der Waals surface area contributed by atoms with Crippen LogP contribution in [0, 0.1) is 22.7 Å². The smallest absolute Gasteiger partial charge is 0.308 e. The Hall–Kier alpha value is -2.16. The lowest BCUT2D eigenvalue weighted by molar-refractivity contribution is -0.142. The van der Waals surface area contributed by atoms with Gasteiger partial charge in [-0.3, -0.25) is 4.79 Å². The standard InChI is InChI=1S/C13H18N4O2/c1-13(2,3)6-9(12(18)19)8-17-11-10(7-14)15-4-5-16-11/h4-5,9H,6,8H2,1-3H3,(H,16,17)(H,18,19). The van der Waals surface area contributed by atoms with Crippen molar-refractivity contribution in [3.8, 4) is 6.07 Å². The number of aliphatic carboxylic acids is 1. The average Bonchev–Trinajstić information content (AvgIpc) is 2.33. The first-order valence-corrected chi connectivity index (χ1v) is 6.01. The topological polar surface area (TPSA) is 98.9 Å². The summed E-state index contributed by atoms with van der Waals surface area (Å²) in [6, 6.07) is 1.91. The van der Waals surface area contributed by atoms with Crippen molar-refractivity contribution in [3.63, 3.8) is 0 Å². The van der Waals surface area contributed by atoms with Crippen LogP contribution in [0.4, 0.5) is 5.82 Å². The average molecular weight is 262 g/mol. The monoisotopic (exact) mass is 262 g/mol. The number of carbonyl (C=O) groups is 1. The van der Waals surface area contributed by atoms with Gasteiger partial charge in [0.2, 0.25) is 0 Å². The number of aromatic nitrogens is 2. The Labute approximate surface area is 112 Å². The van der Waals surface area contributed by atoms with Crippen LogP contribution in [-0.2, 0) is 4.79 Å². The summed E-state index contributed by atoms with van der Waals surface area (Å²) in [4.78, 5) is 19.1. The normalized spacial score (nSPS) is 12.5. The van der Waals surface area contributed by atoms with E-state index in [1.54, 1.807) is 0 Å². The number of nitriles is 1. The zero-order valence-corrected chi connectivity index (χ0v) is 11.3. The van der Waals surface area contributed by atoms with Crippen LogP contribution in [-0.4, -0.2) is 27.6 Å². The number of anilines is 1. The first-order chi connectivity index (χ1) is 8.83. The van der Waals surface area contributed by atoms with Crippen molar-refractivity contribution in [1.82, 2.24) is 9.97 Å². The van der Waals surface area contributed by atoms with Crippen LogP contribution in [0.3, 0.4) is 0 Å². The molecule has 6 nitrogen and oxygen atoms in total. The third-order valence-corrected chi connectivity index (χ3v) is 2.53. The highest BCUT2D eigenvalue weighted by Gasteiger charge is 2.24. The number of hydrogen-bond acceptors (Lipinski definition) is 5. The SMILES string of the molecule is CC(C)(C)CC(CNc1nccnc1C#N)C(=O)O. The molecule has 0 fully saturated rings. The quantitative estimate of drug-likeness (QED) is 0.840. The van der Waals surface area contributed by atoms with Gasteiger partial charge in [-0.2, -0.15) is 5.26 Å². The maximum Gasteiger partial charge on any atom is 0.308 e. The molecule has 19 heavy (non-hydrogen) atoms. The number of nitrogens with zero attached hydrogens (tertiary/aromatic N) is 3. The molecule has 102 valence electrons. The highest BCUT2D eigenvalue weighted by molar-refractivity contribution is 5.71. The van der Waals surface area contributed by atoms with E-state index in [-0.39, 0.29) is 17.7 Å². The zero-order chi connectivity index (χ0) is 14.5. The second-order valence-corrected chi connectivity index (χ2v) is 5.55. The number of carboxylic acid groups (broad SMARTS) is 1. The minimum absolute atomic E-state index is 0.0782. The molecule has 6 heteroatoms. The van der Waals surface area contributed by atoms with Crippen LogP contribution in [0.15, 0.2) is 12.4 Å². The number of nitrogens with one attached hydrogen (secondary N) is 1. The van der Waals surface area contributed by atoms with E-state index in [1.165, 1.54) is 12.4 Å². The van der Waals surface area contributed by atoms with Gasteiger partial charge in [0.05, 0.1) is 5.92 Å². The van der Waals surface area contributed by atoms with Gasteiger partial charge in [0.15, 0.2) is 11.5 Å².